The Morgan fingerprint density at radius 1 is 1.04 bits per heavy atom. The Morgan fingerprint density at radius 3 is 2.21 bits per heavy atom. The van der Waals surface area contributed by atoms with Crippen LogP contribution in [0, 0.1) is 0 Å². The summed E-state index contributed by atoms with van der Waals surface area (Å²) >= 11 is 0. The maximum absolute atomic E-state index is 13.5. The van der Waals surface area contributed by atoms with Crippen LogP contribution in [0.2, 0.25) is 0 Å². The second kappa shape index (κ2) is 7.17. The monoisotopic (exact) mass is 390 g/mol. The third kappa shape index (κ3) is 3.04. The third-order valence-corrected chi connectivity index (χ3v) is 6.20. The summed E-state index contributed by atoms with van der Waals surface area (Å²) in [6, 6.07) is 19.2. The average Bonchev–Trinajstić information content (AvgIpc) is 3.06. The summed E-state index contributed by atoms with van der Waals surface area (Å²) in [5, 5.41) is 7.17. The predicted molar refractivity (Wildman–Crippen MR) is 102 cm³/mol. The van der Waals surface area contributed by atoms with Gasteiger partial charge >= 0.3 is 6.36 Å². The number of likely N-dealkylation sites (N-methyl/N-ethyl adjacent to an activating group) is 1. The molecular formula is C22H25F3N2O. The molecule has 4 unspecified atom stereocenters. The minimum atomic E-state index is -4.70. The first kappa shape index (κ1) is 19.4. The highest BCUT2D eigenvalue weighted by molar-refractivity contribution is 5.42. The molecule has 3 nitrogen and oxygen atoms in total. The molecule has 150 valence electrons. The Hall–Kier alpha value is -1.89. The van der Waals surface area contributed by atoms with Crippen LogP contribution in [0.15, 0.2) is 60.7 Å². The molecule has 0 aliphatic carbocycles. The molecule has 2 bridgehead atoms. The lowest BCUT2D eigenvalue weighted by atomic mass is 9.63. The SMILES string of the molecule is CCNC1(c2ccccc2)C(OC(F)(F)F)CC2CCC1(c1ccccc1)N2. The van der Waals surface area contributed by atoms with E-state index in [0.29, 0.717) is 13.0 Å². The van der Waals surface area contributed by atoms with Crippen LogP contribution in [-0.2, 0) is 15.8 Å². The summed E-state index contributed by atoms with van der Waals surface area (Å²) in [5.41, 5.74) is 0.0535. The van der Waals surface area contributed by atoms with E-state index in [1.165, 1.54) is 0 Å². The number of halogens is 3. The van der Waals surface area contributed by atoms with Gasteiger partial charge in [-0.05, 0) is 36.9 Å². The number of hydrogen-bond acceptors (Lipinski definition) is 3. The molecule has 2 aromatic carbocycles. The summed E-state index contributed by atoms with van der Waals surface area (Å²) in [5.74, 6) is 0. The Kier molecular flexibility index (Phi) is 4.98. The zero-order valence-corrected chi connectivity index (χ0v) is 15.8. The van der Waals surface area contributed by atoms with Gasteiger partial charge in [-0.2, -0.15) is 0 Å². The smallest absolute Gasteiger partial charge is 0.304 e. The van der Waals surface area contributed by atoms with Gasteiger partial charge in [0.15, 0.2) is 0 Å². The van der Waals surface area contributed by atoms with Crippen molar-refractivity contribution in [1.82, 2.24) is 10.6 Å². The number of rotatable bonds is 5. The number of benzene rings is 2. The number of nitrogens with one attached hydrogen (secondary N) is 2. The fraction of sp³-hybridized carbons (Fsp3) is 0.455. The van der Waals surface area contributed by atoms with Gasteiger partial charge < -0.3 is 10.6 Å². The Morgan fingerprint density at radius 2 is 1.64 bits per heavy atom. The minimum absolute atomic E-state index is 0.0111. The van der Waals surface area contributed by atoms with Gasteiger partial charge in [0.05, 0.1) is 17.2 Å². The summed E-state index contributed by atoms with van der Waals surface area (Å²) < 4.78 is 45.2. The van der Waals surface area contributed by atoms with Crippen LogP contribution in [0.1, 0.15) is 37.3 Å². The van der Waals surface area contributed by atoms with Crippen molar-refractivity contribution in [1.29, 1.82) is 0 Å². The van der Waals surface area contributed by atoms with E-state index in [9.17, 15) is 13.2 Å². The number of piperidine rings is 1. The molecule has 2 aliphatic rings. The van der Waals surface area contributed by atoms with Crippen molar-refractivity contribution in [2.75, 3.05) is 6.54 Å². The molecule has 2 saturated heterocycles. The molecule has 28 heavy (non-hydrogen) atoms. The number of alkyl halides is 3. The van der Waals surface area contributed by atoms with Crippen LogP contribution in [-0.4, -0.2) is 25.1 Å². The maximum atomic E-state index is 13.5. The molecule has 2 fully saturated rings. The van der Waals surface area contributed by atoms with Gasteiger partial charge in [0.1, 0.15) is 0 Å². The molecule has 2 aromatic rings. The van der Waals surface area contributed by atoms with Crippen LogP contribution in [0.4, 0.5) is 13.2 Å². The standard InChI is InChI=1S/C22H25F3N2O/c1-2-26-21(17-11-7-4-8-12-17)19(28-22(23,24)25)15-18-13-14-20(21,27-18)16-9-5-3-6-10-16/h3-12,18-19,26-27H,2,13-15H2,1H3. The topological polar surface area (TPSA) is 33.3 Å². The minimum Gasteiger partial charge on any atom is -0.304 e. The van der Waals surface area contributed by atoms with Gasteiger partial charge in [-0.3, -0.25) is 4.74 Å². The molecule has 6 heteroatoms. The van der Waals surface area contributed by atoms with Crippen molar-refractivity contribution >= 4 is 0 Å². The molecule has 0 radical (unpaired) electrons. The van der Waals surface area contributed by atoms with Crippen LogP contribution in [0.5, 0.6) is 0 Å². The van der Waals surface area contributed by atoms with Gasteiger partial charge in [0, 0.05) is 6.04 Å². The largest absolute Gasteiger partial charge is 0.522 e. The highest BCUT2D eigenvalue weighted by atomic mass is 19.4. The van der Waals surface area contributed by atoms with Crippen molar-refractivity contribution in [2.24, 2.45) is 0 Å². The number of ether oxygens (including phenoxy) is 1. The molecule has 0 spiro atoms. The summed E-state index contributed by atoms with van der Waals surface area (Å²) in [7, 11) is 0. The molecule has 2 heterocycles. The van der Waals surface area contributed by atoms with E-state index < -0.39 is 23.5 Å². The van der Waals surface area contributed by atoms with Gasteiger partial charge in [-0.15, -0.1) is 13.2 Å². The summed E-state index contributed by atoms with van der Waals surface area (Å²) in [4.78, 5) is 0. The molecule has 0 saturated carbocycles. The second-order valence-electron chi connectivity index (χ2n) is 7.64. The molecule has 0 aromatic heterocycles. The molecule has 4 rings (SSSR count). The van der Waals surface area contributed by atoms with Crippen molar-refractivity contribution < 1.29 is 17.9 Å². The first-order chi connectivity index (χ1) is 13.4. The van der Waals surface area contributed by atoms with Gasteiger partial charge in [0.25, 0.3) is 0 Å². The van der Waals surface area contributed by atoms with E-state index in [-0.39, 0.29) is 6.04 Å². The van der Waals surface area contributed by atoms with Crippen molar-refractivity contribution in [2.45, 2.75) is 55.8 Å². The van der Waals surface area contributed by atoms with E-state index in [1.807, 2.05) is 67.6 Å². The quantitative estimate of drug-likeness (QED) is 0.792. The summed E-state index contributed by atoms with van der Waals surface area (Å²) in [6.45, 7) is 2.45. The Balaban J connectivity index is 1.97. The number of fused-ring (bicyclic) bond motifs is 2. The lowest BCUT2D eigenvalue weighted by Crippen LogP contribution is -2.73. The highest BCUT2D eigenvalue weighted by Crippen LogP contribution is 2.55. The molecule has 2 aliphatic heterocycles. The lowest BCUT2D eigenvalue weighted by molar-refractivity contribution is -0.358. The van der Waals surface area contributed by atoms with Gasteiger partial charge in [-0.1, -0.05) is 67.6 Å². The van der Waals surface area contributed by atoms with Crippen molar-refractivity contribution in [3.63, 3.8) is 0 Å². The zero-order valence-electron chi connectivity index (χ0n) is 15.8. The van der Waals surface area contributed by atoms with E-state index in [1.54, 1.807) is 0 Å². The van der Waals surface area contributed by atoms with Crippen LogP contribution in [0.25, 0.3) is 0 Å². The third-order valence-electron chi connectivity index (χ3n) is 6.20. The molecule has 2 N–H and O–H groups in total. The molecule has 0 amide bonds. The van der Waals surface area contributed by atoms with E-state index in [4.69, 9.17) is 4.74 Å². The lowest BCUT2D eigenvalue weighted by Gasteiger charge is -2.57. The normalized spacial score (nSPS) is 32.4. The van der Waals surface area contributed by atoms with E-state index in [0.717, 1.165) is 24.0 Å². The van der Waals surface area contributed by atoms with Crippen molar-refractivity contribution in [3.05, 3.63) is 71.8 Å². The van der Waals surface area contributed by atoms with E-state index in [2.05, 4.69) is 10.6 Å². The van der Waals surface area contributed by atoms with Gasteiger partial charge in [0.2, 0.25) is 0 Å². The number of hydrogen-bond donors (Lipinski definition) is 2. The maximum Gasteiger partial charge on any atom is 0.522 e. The second-order valence-corrected chi connectivity index (χ2v) is 7.64. The Bertz CT molecular complexity index is 798. The highest BCUT2D eigenvalue weighted by Gasteiger charge is 2.65. The van der Waals surface area contributed by atoms with Crippen LogP contribution < -0.4 is 10.6 Å². The predicted octanol–water partition coefficient (Wildman–Crippen LogP) is 4.45. The van der Waals surface area contributed by atoms with Crippen molar-refractivity contribution in [3.8, 4) is 0 Å². The first-order valence-corrected chi connectivity index (χ1v) is 9.79. The van der Waals surface area contributed by atoms with Crippen LogP contribution >= 0.6 is 0 Å². The summed E-state index contributed by atoms with van der Waals surface area (Å²) in [6.07, 6.45) is -3.89. The van der Waals surface area contributed by atoms with E-state index >= 15 is 0 Å². The Labute approximate surface area is 163 Å². The first-order valence-electron chi connectivity index (χ1n) is 9.79. The molecule has 4 atom stereocenters. The zero-order chi connectivity index (χ0) is 19.8. The molecular weight excluding hydrogens is 365 g/mol. The average molecular weight is 390 g/mol. The van der Waals surface area contributed by atoms with Gasteiger partial charge in [-0.25, -0.2) is 0 Å². The fourth-order valence-electron chi connectivity index (χ4n) is 5.34. The van der Waals surface area contributed by atoms with Crippen LogP contribution in [0.3, 0.4) is 0 Å². The fourth-order valence-corrected chi connectivity index (χ4v) is 5.34.